The molecule has 6 heteroatoms. The molecule has 0 radical (unpaired) electrons. The molecule has 3 aromatic rings. The third kappa shape index (κ3) is 9.09. The van der Waals surface area contributed by atoms with E-state index >= 15 is 0 Å². The third-order valence-corrected chi connectivity index (χ3v) is 8.02. The minimum atomic E-state index is 0.668. The van der Waals surface area contributed by atoms with Gasteiger partial charge < -0.3 is 9.47 Å². The molecule has 0 N–H and O–H groups in total. The molecule has 0 bridgehead atoms. The highest BCUT2D eigenvalue weighted by Gasteiger charge is 2.11. The molecule has 0 aliphatic rings. The minimum absolute atomic E-state index is 0.668. The van der Waals surface area contributed by atoms with Crippen molar-refractivity contribution in [3.63, 3.8) is 0 Å². The largest absolute Gasteiger partial charge is 0.496 e. The van der Waals surface area contributed by atoms with Crippen LogP contribution in [0, 0.1) is 11.8 Å². The third-order valence-electron chi connectivity index (χ3n) is 6.09. The van der Waals surface area contributed by atoms with Crippen molar-refractivity contribution in [1.82, 2.24) is 0 Å². The number of thiophene rings is 2. The Balaban J connectivity index is 1.79. The molecule has 1 aromatic carbocycles. The summed E-state index contributed by atoms with van der Waals surface area (Å²) in [6.07, 6.45) is 13.5. The van der Waals surface area contributed by atoms with Gasteiger partial charge in [-0.05, 0) is 76.4 Å². The number of rotatable bonds is 13. The molecule has 1 unspecified atom stereocenters. The molecule has 0 saturated carbocycles. The van der Waals surface area contributed by atoms with E-state index in [4.69, 9.17) is 9.47 Å². The Hall–Kier alpha value is -2.17. The smallest absolute Gasteiger partial charge is 0.152 e. The van der Waals surface area contributed by atoms with Gasteiger partial charge in [0.2, 0.25) is 0 Å². The topological polar surface area (TPSA) is 18.5 Å². The van der Waals surface area contributed by atoms with Crippen molar-refractivity contribution in [2.75, 3.05) is 13.7 Å². The number of hydrogen-bond acceptors (Lipinski definition) is 4. The molecule has 0 amide bonds. The van der Waals surface area contributed by atoms with Gasteiger partial charge in [-0.15, -0.1) is 0 Å². The van der Waals surface area contributed by atoms with Gasteiger partial charge in [0.15, 0.2) is 15.7 Å². The fourth-order valence-corrected chi connectivity index (χ4v) is 5.53. The summed E-state index contributed by atoms with van der Waals surface area (Å²) in [4.78, 5) is 2.47. The molecule has 2 heterocycles. The SMILES string of the molecule is Bc1ccc(/C=C/c2cc(OCCC(C)CCCC(C)C)c(/C=C/c3ccc(B)s3)cc2OC)s1. The fourth-order valence-electron chi connectivity index (χ4n) is 3.97. The van der Waals surface area contributed by atoms with Crippen molar-refractivity contribution in [3.05, 3.63) is 57.3 Å². The minimum Gasteiger partial charge on any atom is -0.496 e. The molecule has 2 nitrogen and oxygen atoms in total. The summed E-state index contributed by atoms with van der Waals surface area (Å²) >= 11 is 3.59. The summed E-state index contributed by atoms with van der Waals surface area (Å²) in [5, 5.41) is 0. The van der Waals surface area contributed by atoms with Crippen LogP contribution in [0.5, 0.6) is 11.5 Å². The first-order chi connectivity index (χ1) is 16.8. The van der Waals surface area contributed by atoms with E-state index in [2.05, 4.69) is 97.2 Å². The van der Waals surface area contributed by atoms with Crippen molar-refractivity contribution < 1.29 is 9.47 Å². The quantitative estimate of drug-likeness (QED) is 0.270. The lowest BCUT2D eigenvalue weighted by Gasteiger charge is -2.16. The monoisotopic (exact) mass is 504 g/mol. The second-order valence-corrected chi connectivity index (χ2v) is 12.4. The Morgan fingerprint density at radius 3 is 1.86 bits per heavy atom. The summed E-state index contributed by atoms with van der Waals surface area (Å²) in [7, 11) is 6.00. The van der Waals surface area contributed by atoms with Crippen molar-refractivity contribution in [2.24, 2.45) is 11.8 Å². The van der Waals surface area contributed by atoms with E-state index in [0.29, 0.717) is 5.92 Å². The van der Waals surface area contributed by atoms with Crippen LogP contribution in [-0.2, 0) is 0 Å². The van der Waals surface area contributed by atoms with Crippen LogP contribution >= 0.6 is 22.7 Å². The van der Waals surface area contributed by atoms with Crippen LogP contribution in [0.4, 0.5) is 0 Å². The molecular weight excluding hydrogens is 466 g/mol. The van der Waals surface area contributed by atoms with Gasteiger partial charge in [0.05, 0.1) is 13.7 Å². The first-order valence-corrected chi connectivity index (χ1v) is 14.3. The van der Waals surface area contributed by atoms with Crippen molar-refractivity contribution in [3.8, 4) is 11.5 Å². The molecule has 1 atom stereocenters. The number of benzene rings is 1. The van der Waals surface area contributed by atoms with Crippen LogP contribution < -0.4 is 19.0 Å². The highest BCUT2D eigenvalue weighted by atomic mass is 32.1. The molecule has 35 heavy (non-hydrogen) atoms. The summed E-state index contributed by atoms with van der Waals surface area (Å²) in [6, 6.07) is 12.8. The molecule has 0 spiro atoms. The normalized spacial score (nSPS) is 12.7. The van der Waals surface area contributed by atoms with E-state index in [1.54, 1.807) is 29.8 Å². The van der Waals surface area contributed by atoms with Crippen LogP contribution in [0.25, 0.3) is 24.3 Å². The zero-order valence-electron chi connectivity index (χ0n) is 22.1. The van der Waals surface area contributed by atoms with Gasteiger partial charge in [-0.3, -0.25) is 0 Å². The second-order valence-electron chi connectivity index (χ2n) is 9.76. The predicted molar refractivity (Wildman–Crippen MR) is 164 cm³/mol. The van der Waals surface area contributed by atoms with Crippen LogP contribution in [0.1, 0.15) is 67.3 Å². The molecule has 0 saturated heterocycles. The van der Waals surface area contributed by atoms with E-state index in [-0.39, 0.29) is 0 Å². The summed E-state index contributed by atoms with van der Waals surface area (Å²) < 4.78 is 14.8. The molecule has 3 rings (SSSR count). The van der Waals surface area contributed by atoms with Crippen LogP contribution in [0.15, 0.2) is 36.4 Å². The van der Waals surface area contributed by atoms with E-state index < -0.39 is 0 Å². The lowest BCUT2D eigenvalue weighted by atomic mass is 9.98. The number of ether oxygens (including phenoxy) is 2. The van der Waals surface area contributed by atoms with Gasteiger partial charge in [0, 0.05) is 20.9 Å². The predicted octanol–water partition coefficient (Wildman–Crippen LogP) is 5.91. The van der Waals surface area contributed by atoms with Gasteiger partial charge in [-0.25, -0.2) is 0 Å². The van der Waals surface area contributed by atoms with Gasteiger partial charge in [0.1, 0.15) is 11.5 Å². The zero-order valence-corrected chi connectivity index (χ0v) is 23.7. The van der Waals surface area contributed by atoms with Crippen molar-refractivity contribution >= 4 is 72.2 Å². The van der Waals surface area contributed by atoms with Gasteiger partial charge >= 0.3 is 0 Å². The Morgan fingerprint density at radius 2 is 1.34 bits per heavy atom. The second kappa shape index (κ2) is 13.8. The summed E-state index contributed by atoms with van der Waals surface area (Å²) in [5.41, 5.74) is 2.08. The van der Waals surface area contributed by atoms with Gasteiger partial charge in [-0.2, -0.15) is 22.7 Å². The fraction of sp³-hybridized carbons (Fsp3) is 0.379. The highest BCUT2D eigenvalue weighted by molar-refractivity contribution is 7.21. The maximum atomic E-state index is 6.39. The Kier molecular flexibility index (Phi) is 10.8. The maximum absolute atomic E-state index is 6.39. The summed E-state index contributed by atoms with van der Waals surface area (Å²) in [5.74, 6) is 3.21. The van der Waals surface area contributed by atoms with Crippen LogP contribution in [0.2, 0.25) is 0 Å². The lowest BCUT2D eigenvalue weighted by molar-refractivity contribution is 0.275. The number of methoxy groups -OCH3 is 1. The van der Waals surface area contributed by atoms with Crippen molar-refractivity contribution in [2.45, 2.75) is 46.5 Å². The Labute approximate surface area is 221 Å². The van der Waals surface area contributed by atoms with E-state index in [9.17, 15) is 0 Å². The molecule has 0 aliphatic carbocycles. The van der Waals surface area contributed by atoms with Crippen LogP contribution in [0.3, 0.4) is 0 Å². The average Bonchev–Trinajstić information content (AvgIpc) is 3.43. The van der Waals surface area contributed by atoms with Gasteiger partial charge in [0.25, 0.3) is 0 Å². The van der Waals surface area contributed by atoms with Gasteiger partial charge in [-0.1, -0.05) is 52.2 Å². The summed E-state index contributed by atoms with van der Waals surface area (Å²) in [6.45, 7) is 7.67. The average molecular weight is 504 g/mol. The van der Waals surface area contributed by atoms with Crippen LogP contribution in [-0.4, -0.2) is 29.4 Å². The maximum Gasteiger partial charge on any atom is 0.152 e. The standard InChI is InChI=1S/C29H38B2O2S2/c1-20(2)6-5-7-21(3)16-17-33-27-19-22(8-10-24-12-14-28(30)34-24)26(32-4)18-23(27)9-11-25-13-15-29(31)35-25/h8-15,18-21H,5-7,16-17,30-31H2,1-4H3/b10-8+,11-9+. The highest BCUT2D eigenvalue weighted by Crippen LogP contribution is 2.33. The molecule has 0 fully saturated rings. The first-order valence-electron chi connectivity index (χ1n) is 12.7. The van der Waals surface area contributed by atoms with Crippen molar-refractivity contribution in [1.29, 1.82) is 0 Å². The lowest BCUT2D eigenvalue weighted by Crippen LogP contribution is -2.06. The zero-order chi connectivity index (χ0) is 25.2. The Bertz CT molecular complexity index is 1130. The molecule has 2 aromatic heterocycles. The van der Waals surface area contributed by atoms with E-state index in [1.807, 2.05) is 0 Å². The molecule has 184 valence electrons. The number of hydrogen-bond donors (Lipinski definition) is 0. The van der Waals surface area contributed by atoms with E-state index in [1.165, 1.54) is 38.6 Å². The molecular formula is C29H38B2O2S2. The van der Waals surface area contributed by atoms with E-state index in [0.717, 1.165) is 41.6 Å². The first kappa shape index (κ1) is 27.4. The molecule has 0 aliphatic heterocycles. The Morgan fingerprint density at radius 1 is 0.771 bits per heavy atom.